The SMILES string of the molecule is CCOc1cc([C@@H]2NC(=O)NC(C)=C2C(=O)OC)ccc1OC[C@H](O)N/N=C\c1ccc(OCc2cccc3ccccc23)c(OC)c1. The quantitative estimate of drug-likeness (QED) is 0.0642. The Kier molecular flexibility index (Phi) is 11.0. The summed E-state index contributed by atoms with van der Waals surface area (Å²) in [6.45, 7) is 4.00. The molecule has 48 heavy (non-hydrogen) atoms. The number of hydrogen-bond acceptors (Lipinski definition) is 10. The van der Waals surface area contributed by atoms with Gasteiger partial charge in [-0.3, -0.25) is 5.43 Å². The number of methoxy groups -OCH3 is 2. The Morgan fingerprint density at radius 2 is 1.73 bits per heavy atom. The van der Waals surface area contributed by atoms with Crippen LogP contribution < -0.4 is 35.0 Å². The van der Waals surface area contributed by atoms with E-state index in [0.717, 1.165) is 21.9 Å². The van der Waals surface area contributed by atoms with Gasteiger partial charge in [-0.2, -0.15) is 5.10 Å². The molecule has 5 rings (SSSR count). The summed E-state index contributed by atoms with van der Waals surface area (Å²) in [5, 5.41) is 22.3. The van der Waals surface area contributed by atoms with Crippen molar-refractivity contribution < 1.29 is 38.4 Å². The highest BCUT2D eigenvalue weighted by atomic mass is 16.5. The molecule has 1 aliphatic heterocycles. The van der Waals surface area contributed by atoms with Crippen LogP contribution in [0, 0.1) is 0 Å². The maximum absolute atomic E-state index is 12.5. The lowest BCUT2D eigenvalue weighted by molar-refractivity contribution is -0.136. The number of urea groups is 1. The predicted molar refractivity (Wildman–Crippen MR) is 180 cm³/mol. The molecular weight excluding hydrogens is 616 g/mol. The summed E-state index contributed by atoms with van der Waals surface area (Å²) >= 11 is 0. The molecule has 2 atom stereocenters. The van der Waals surface area contributed by atoms with E-state index < -0.39 is 24.3 Å². The molecule has 12 nitrogen and oxygen atoms in total. The number of esters is 1. The van der Waals surface area contributed by atoms with E-state index in [4.69, 9.17) is 23.7 Å². The first-order valence-electron chi connectivity index (χ1n) is 15.3. The first kappa shape index (κ1) is 33.6. The second-order valence-corrected chi connectivity index (χ2v) is 10.8. The van der Waals surface area contributed by atoms with Gasteiger partial charge in [0.25, 0.3) is 0 Å². The average molecular weight is 655 g/mol. The van der Waals surface area contributed by atoms with Gasteiger partial charge in [-0.05, 0) is 71.6 Å². The van der Waals surface area contributed by atoms with Crippen molar-refractivity contribution in [3.8, 4) is 23.0 Å². The molecule has 0 unspecified atom stereocenters. The zero-order valence-electron chi connectivity index (χ0n) is 27.1. The molecule has 2 amide bonds. The highest BCUT2D eigenvalue weighted by Crippen LogP contribution is 2.35. The number of aliphatic hydroxyl groups is 1. The first-order valence-corrected chi connectivity index (χ1v) is 15.3. The van der Waals surface area contributed by atoms with E-state index in [-0.39, 0.29) is 12.2 Å². The number of rotatable bonds is 14. The number of carbonyl (C=O) groups is 2. The predicted octanol–water partition coefficient (Wildman–Crippen LogP) is 4.95. The molecule has 0 aliphatic carbocycles. The van der Waals surface area contributed by atoms with E-state index >= 15 is 0 Å². The second-order valence-electron chi connectivity index (χ2n) is 10.8. The van der Waals surface area contributed by atoms with Crippen LogP contribution in [-0.4, -0.2) is 57.0 Å². The summed E-state index contributed by atoms with van der Waals surface area (Å²) in [7, 11) is 2.85. The van der Waals surface area contributed by atoms with Gasteiger partial charge in [0.05, 0.1) is 38.7 Å². The lowest BCUT2D eigenvalue weighted by atomic mass is 9.95. The number of ether oxygens (including phenoxy) is 5. The third-order valence-corrected chi connectivity index (χ3v) is 7.56. The van der Waals surface area contributed by atoms with Crippen molar-refractivity contribution in [2.75, 3.05) is 27.4 Å². The normalized spacial score (nSPS) is 15.0. The van der Waals surface area contributed by atoms with Crippen molar-refractivity contribution in [1.29, 1.82) is 0 Å². The molecule has 1 heterocycles. The summed E-state index contributed by atoms with van der Waals surface area (Å²) in [6, 6.07) is 23.5. The van der Waals surface area contributed by atoms with Crippen LogP contribution in [0.5, 0.6) is 23.0 Å². The standard InChI is InChI=1S/C36H38N4O8/c1-5-46-31-18-25(34-33(35(42)45-4)22(2)38-36(43)39-34)14-16-29(31)48-21-32(41)40-37-19-23-13-15-28(30(17-23)44-3)47-20-26-11-8-10-24-9-6-7-12-27(24)26/h6-19,32,34,40-41H,5,20-21H2,1-4H3,(H2,38,39,43)/b37-19-/t32-,34-/m0/s1. The number of carbonyl (C=O) groups excluding carboxylic acids is 2. The van der Waals surface area contributed by atoms with E-state index in [0.29, 0.717) is 47.5 Å². The maximum atomic E-state index is 12.5. The minimum atomic E-state index is -1.15. The number of allylic oxidation sites excluding steroid dienone is 1. The fourth-order valence-electron chi connectivity index (χ4n) is 5.28. The first-order chi connectivity index (χ1) is 23.3. The summed E-state index contributed by atoms with van der Waals surface area (Å²) in [6.07, 6.45) is 0.392. The molecule has 0 radical (unpaired) electrons. The van der Waals surface area contributed by atoms with Crippen LogP contribution >= 0.6 is 0 Å². The molecule has 0 spiro atoms. The molecule has 0 aromatic heterocycles. The lowest BCUT2D eigenvalue weighted by Crippen LogP contribution is -2.45. The van der Waals surface area contributed by atoms with Gasteiger partial charge in [0.2, 0.25) is 0 Å². The molecule has 0 saturated heterocycles. The number of hydrazone groups is 1. The molecule has 1 aliphatic rings. The van der Waals surface area contributed by atoms with Crippen molar-refractivity contribution in [3.05, 3.63) is 107 Å². The Labute approximate surface area is 278 Å². The molecule has 0 fully saturated rings. The Morgan fingerprint density at radius 3 is 2.52 bits per heavy atom. The third kappa shape index (κ3) is 7.96. The number of amides is 2. The fourth-order valence-corrected chi connectivity index (χ4v) is 5.28. The van der Waals surface area contributed by atoms with Crippen LogP contribution in [0.15, 0.2) is 95.2 Å². The summed E-state index contributed by atoms with van der Waals surface area (Å²) in [4.78, 5) is 24.7. The van der Waals surface area contributed by atoms with Crippen LogP contribution in [0.2, 0.25) is 0 Å². The number of nitrogens with one attached hydrogen (secondary N) is 3. The van der Waals surface area contributed by atoms with Crippen molar-refractivity contribution in [2.45, 2.75) is 32.7 Å². The summed E-state index contributed by atoms with van der Waals surface area (Å²) in [5.41, 5.74) is 5.68. The molecular formula is C36H38N4O8. The van der Waals surface area contributed by atoms with Crippen molar-refractivity contribution in [3.63, 3.8) is 0 Å². The largest absolute Gasteiger partial charge is 0.493 e. The van der Waals surface area contributed by atoms with Gasteiger partial charge in [-0.15, -0.1) is 0 Å². The number of fused-ring (bicyclic) bond motifs is 1. The Hall–Kier alpha value is -5.75. The zero-order valence-corrected chi connectivity index (χ0v) is 27.1. The topological polar surface area (TPSA) is 149 Å². The molecule has 4 aromatic carbocycles. The van der Waals surface area contributed by atoms with Crippen LogP contribution in [0.25, 0.3) is 10.8 Å². The number of benzene rings is 4. The Morgan fingerprint density at radius 1 is 0.958 bits per heavy atom. The van der Waals surface area contributed by atoms with Gasteiger partial charge in [0, 0.05) is 5.70 Å². The van der Waals surface area contributed by atoms with E-state index in [1.54, 1.807) is 44.5 Å². The number of hydrogen-bond donors (Lipinski definition) is 4. The smallest absolute Gasteiger partial charge is 0.337 e. The molecule has 0 saturated carbocycles. The molecule has 4 aromatic rings. The van der Waals surface area contributed by atoms with Gasteiger partial charge in [0.1, 0.15) is 13.2 Å². The van der Waals surface area contributed by atoms with Crippen molar-refractivity contribution in [1.82, 2.24) is 16.1 Å². The fraction of sp³-hybridized carbons (Fsp3) is 0.250. The Balaban J connectivity index is 1.19. The van der Waals surface area contributed by atoms with E-state index in [1.165, 1.54) is 7.11 Å². The van der Waals surface area contributed by atoms with Gasteiger partial charge < -0.3 is 39.4 Å². The third-order valence-electron chi connectivity index (χ3n) is 7.56. The zero-order chi connectivity index (χ0) is 34.0. The maximum Gasteiger partial charge on any atom is 0.337 e. The summed E-state index contributed by atoms with van der Waals surface area (Å²) < 4.78 is 28.2. The average Bonchev–Trinajstić information content (AvgIpc) is 3.09. The van der Waals surface area contributed by atoms with Gasteiger partial charge in [-0.25, -0.2) is 9.59 Å². The molecule has 4 N–H and O–H groups in total. The van der Waals surface area contributed by atoms with Crippen LogP contribution in [0.4, 0.5) is 4.79 Å². The second kappa shape index (κ2) is 15.7. The van der Waals surface area contributed by atoms with Crippen LogP contribution in [-0.2, 0) is 16.1 Å². The molecule has 250 valence electrons. The summed E-state index contributed by atoms with van der Waals surface area (Å²) in [5.74, 6) is 1.29. The Bertz CT molecular complexity index is 1840. The van der Waals surface area contributed by atoms with E-state index in [2.05, 4.69) is 39.4 Å². The van der Waals surface area contributed by atoms with Gasteiger partial charge in [0.15, 0.2) is 29.2 Å². The molecule has 0 bridgehead atoms. The number of nitrogens with zero attached hydrogens (tertiary/aromatic N) is 1. The van der Waals surface area contributed by atoms with Gasteiger partial charge in [-0.1, -0.05) is 48.5 Å². The highest BCUT2D eigenvalue weighted by molar-refractivity contribution is 5.95. The number of aliphatic hydroxyl groups excluding tert-OH is 1. The van der Waals surface area contributed by atoms with Gasteiger partial charge >= 0.3 is 12.0 Å². The lowest BCUT2D eigenvalue weighted by Gasteiger charge is -2.28. The van der Waals surface area contributed by atoms with E-state index in [1.807, 2.05) is 43.3 Å². The van der Waals surface area contributed by atoms with Crippen molar-refractivity contribution >= 4 is 29.0 Å². The minimum Gasteiger partial charge on any atom is -0.493 e. The molecule has 12 heteroatoms. The van der Waals surface area contributed by atoms with Crippen LogP contribution in [0.3, 0.4) is 0 Å². The monoisotopic (exact) mass is 654 g/mol. The minimum absolute atomic E-state index is 0.155. The van der Waals surface area contributed by atoms with E-state index in [9.17, 15) is 14.7 Å². The van der Waals surface area contributed by atoms with Crippen LogP contribution in [0.1, 0.15) is 36.6 Å². The van der Waals surface area contributed by atoms with Crippen molar-refractivity contribution in [2.24, 2.45) is 5.10 Å². The highest BCUT2D eigenvalue weighted by Gasteiger charge is 2.32.